The molecule has 0 bridgehead atoms. The summed E-state index contributed by atoms with van der Waals surface area (Å²) < 4.78 is 5.81. The van der Waals surface area contributed by atoms with Gasteiger partial charge in [0.25, 0.3) is 0 Å². The van der Waals surface area contributed by atoms with E-state index in [1.807, 2.05) is 12.1 Å². The molecule has 1 aromatic rings. The van der Waals surface area contributed by atoms with Gasteiger partial charge in [-0.2, -0.15) is 0 Å². The van der Waals surface area contributed by atoms with Crippen LogP contribution in [0, 0.1) is 17.3 Å². The van der Waals surface area contributed by atoms with E-state index in [4.69, 9.17) is 9.57 Å². The molecule has 0 heterocycles. The van der Waals surface area contributed by atoms with Crippen molar-refractivity contribution in [3.8, 4) is 5.75 Å². The van der Waals surface area contributed by atoms with Gasteiger partial charge in [-0.05, 0) is 73.1 Å². The molecule has 24 heavy (non-hydrogen) atoms. The molecule has 1 aromatic carbocycles. The fourth-order valence-electron chi connectivity index (χ4n) is 5.83. The summed E-state index contributed by atoms with van der Waals surface area (Å²) in [6, 6.07) is 5.85. The van der Waals surface area contributed by atoms with Gasteiger partial charge in [-0.3, -0.25) is 0 Å². The number of nitrogens with zero attached hydrogens (tertiary/aromatic N) is 1. The number of phenolic OH excluding ortho intramolecular Hbond substituents is 1. The van der Waals surface area contributed by atoms with Crippen LogP contribution in [0.2, 0.25) is 0 Å². The topological polar surface area (TPSA) is 51.0 Å². The molecule has 2 saturated carbocycles. The summed E-state index contributed by atoms with van der Waals surface area (Å²) in [5.74, 6) is 2.18. The van der Waals surface area contributed by atoms with Crippen LogP contribution in [0.5, 0.6) is 5.75 Å². The number of aromatic hydroxyl groups is 1. The van der Waals surface area contributed by atoms with E-state index in [9.17, 15) is 5.11 Å². The lowest BCUT2D eigenvalue weighted by molar-refractivity contribution is 0.0136. The van der Waals surface area contributed by atoms with Crippen molar-refractivity contribution in [2.24, 2.45) is 22.4 Å². The van der Waals surface area contributed by atoms with Gasteiger partial charge < -0.3 is 14.7 Å². The lowest BCUT2D eigenvalue weighted by Gasteiger charge is -2.50. The predicted octanol–water partition coefficient (Wildman–Crippen LogP) is 4.40. The van der Waals surface area contributed by atoms with Gasteiger partial charge >= 0.3 is 0 Å². The zero-order valence-corrected chi connectivity index (χ0v) is 14.8. The molecule has 0 radical (unpaired) electrons. The van der Waals surface area contributed by atoms with Gasteiger partial charge in [0.05, 0.1) is 11.8 Å². The number of methoxy groups -OCH3 is 1. The lowest BCUT2D eigenvalue weighted by atomic mass is 9.55. The molecule has 4 rings (SSSR count). The summed E-state index contributed by atoms with van der Waals surface area (Å²) in [6.07, 6.45) is 5.72. The van der Waals surface area contributed by atoms with Crippen LogP contribution in [0.25, 0.3) is 0 Å². The van der Waals surface area contributed by atoms with Crippen molar-refractivity contribution >= 4 is 5.71 Å². The summed E-state index contributed by atoms with van der Waals surface area (Å²) >= 11 is 0. The van der Waals surface area contributed by atoms with E-state index < -0.39 is 0 Å². The van der Waals surface area contributed by atoms with E-state index in [0.717, 1.165) is 12.8 Å². The lowest BCUT2D eigenvalue weighted by Crippen LogP contribution is -2.43. The molecular formula is C20H27NO3. The Labute approximate surface area is 143 Å². The predicted molar refractivity (Wildman–Crippen MR) is 93.2 cm³/mol. The molecular weight excluding hydrogens is 302 g/mol. The van der Waals surface area contributed by atoms with Crippen LogP contribution in [0.15, 0.2) is 23.4 Å². The maximum absolute atomic E-state index is 9.90. The number of oxime groups is 1. The monoisotopic (exact) mass is 329 g/mol. The van der Waals surface area contributed by atoms with Crippen LogP contribution in [0.1, 0.15) is 62.2 Å². The highest BCUT2D eigenvalue weighted by atomic mass is 16.6. The second-order valence-electron chi connectivity index (χ2n) is 7.87. The Morgan fingerprint density at radius 1 is 1.21 bits per heavy atom. The number of rotatable bonds is 2. The Morgan fingerprint density at radius 2 is 2.04 bits per heavy atom. The zero-order chi connectivity index (χ0) is 16.9. The van der Waals surface area contributed by atoms with Crippen LogP contribution in [0.4, 0.5) is 0 Å². The number of hydrogen-bond acceptors (Lipinski definition) is 4. The van der Waals surface area contributed by atoms with Crippen molar-refractivity contribution in [3.63, 3.8) is 0 Å². The first-order valence-corrected chi connectivity index (χ1v) is 9.04. The standard InChI is InChI=1S/C20H27NO3/c1-20-9-8-14-13-5-4-12(22)10-16(13)18(23-2)11-15(14)17(20)6-7-19(20)21-24-3/h4-5,10,14-15,17-18,22H,6-9,11H2,1-3H3/b21-19+/t14-,15-,17+,18-,20+/m1/s1. The second-order valence-corrected chi connectivity index (χ2v) is 7.87. The van der Waals surface area contributed by atoms with Gasteiger partial charge in [0, 0.05) is 12.5 Å². The van der Waals surface area contributed by atoms with Crippen LogP contribution in [0.3, 0.4) is 0 Å². The number of fused-ring (bicyclic) bond motifs is 5. The molecule has 130 valence electrons. The summed E-state index contributed by atoms with van der Waals surface area (Å²) in [7, 11) is 3.44. The average molecular weight is 329 g/mol. The molecule has 2 fully saturated rings. The fourth-order valence-corrected chi connectivity index (χ4v) is 5.83. The van der Waals surface area contributed by atoms with E-state index in [2.05, 4.69) is 18.1 Å². The molecule has 0 spiro atoms. The largest absolute Gasteiger partial charge is 0.508 e. The van der Waals surface area contributed by atoms with Crippen molar-refractivity contribution in [2.45, 2.75) is 51.0 Å². The zero-order valence-electron chi connectivity index (χ0n) is 14.8. The van der Waals surface area contributed by atoms with Gasteiger partial charge in [0.1, 0.15) is 12.9 Å². The normalized spacial score (nSPS) is 39.2. The molecule has 0 aliphatic heterocycles. The first-order valence-electron chi connectivity index (χ1n) is 9.04. The van der Waals surface area contributed by atoms with E-state index >= 15 is 0 Å². The molecule has 0 saturated heterocycles. The van der Waals surface area contributed by atoms with Crippen molar-refractivity contribution < 1.29 is 14.7 Å². The minimum Gasteiger partial charge on any atom is -0.508 e. The second kappa shape index (κ2) is 5.76. The van der Waals surface area contributed by atoms with Crippen molar-refractivity contribution in [1.82, 2.24) is 0 Å². The minimum absolute atomic E-state index is 0.0825. The molecule has 0 amide bonds. The summed E-state index contributed by atoms with van der Waals surface area (Å²) in [6.45, 7) is 2.38. The Kier molecular flexibility index (Phi) is 3.83. The van der Waals surface area contributed by atoms with Crippen molar-refractivity contribution in [1.29, 1.82) is 0 Å². The number of ether oxygens (including phenoxy) is 1. The first kappa shape index (κ1) is 15.9. The number of hydrogen-bond donors (Lipinski definition) is 1. The fraction of sp³-hybridized carbons (Fsp3) is 0.650. The van der Waals surface area contributed by atoms with E-state index in [0.29, 0.717) is 23.5 Å². The summed E-state index contributed by atoms with van der Waals surface area (Å²) in [5.41, 5.74) is 3.99. The summed E-state index contributed by atoms with van der Waals surface area (Å²) in [5, 5.41) is 14.3. The molecule has 3 aliphatic rings. The Bertz CT molecular complexity index is 671. The Balaban J connectivity index is 1.73. The average Bonchev–Trinajstić information content (AvgIpc) is 2.91. The third-order valence-electron chi connectivity index (χ3n) is 6.97. The molecule has 0 aromatic heterocycles. The Hall–Kier alpha value is -1.55. The van der Waals surface area contributed by atoms with Gasteiger partial charge in [-0.15, -0.1) is 0 Å². The van der Waals surface area contributed by atoms with Gasteiger partial charge in [-0.1, -0.05) is 18.1 Å². The number of benzene rings is 1. The van der Waals surface area contributed by atoms with Crippen molar-refractivity contribution in [2.75, 3.05) is 14.2 Å². The smallest absolute Gasteiger partial charge is 0.115 e. The van der Waals surface area contributed by atoms with Gasteiger partial charge in [-0.25, -0.2) is 0 Å². The van der Waals surface area contributed by atoms with Crippen molar-refractivity contribution in [3.05, 3.63) is 29.3 Å². The first-order chi connectivity index (χ1) is 11.6. The molecule has 5 atom stereocenters. The van der Waals surface area contributed by atoms with Crippen LogP contribution >= 0.6 is 0 Å². The third kappa shape index (κ3) is 2.19. The Morgan fingerprint density at radius 3 is 2.79 bits per heavy atom. The SMILES string of the molecule is CO/N=C1\CC[C@H]2[C@@H]3C[C@@H](OC)c4cc(O)ccc4[C@H]3CC[C@]12C. The van der Waals surface area contributed by atoms with Crippen LogP contribution in [-0.4, -0.2) is 25.0 Å². The highest BCUT2D eigenvalue weighted by molar-refractivity contribution is 5.92. The third-order valence-corrected chi connectivity index (χ3v) is 6.97. The van der Waals surface area contributed by atoms with Crippen LogP contribution in [-0.2, 0) is 9.57 Å². The van der Waals surface area contributed by atoms with Gasteiger partial charge in [0.2, 0.25) is 0 Å². The highest BCUT2D eigenvalue weighted by Crippen LogP contribution is 2.61. The van der Waals surface area contributed by atoms with E-state index in [-0.39, 0.29) is 11.5 Å². The minimum atomic E-state index is 0.0825. The van der Waals surface area contributed by atoms with Gasteiger partial charge in [0.15, 0.2) is 0 Å². The van der Waals surface area contributed by atoms with E-state index in [1.165, 1.54) is 36.1 Å². The maximum Gasteiger partial charge on any atom is 0.115 e. The number of phenols is 1. The van der Waals surface area contributed by atoms with Crippen LogP contribution < -0.4 is 0 Å². The van der Waals surface area contributed by atoms with E-state index in [1.54, 1.807) is 14.2 Å². The maximum atomic E-state index is 9.90. The molecule has 3 aliphatic carbocycles. The summed E-state index contributed by atoms with van der Waals surface area (Å²) in [4.78, 5) is 5.12. The highest BCUT2D eigenvalue weighted by Gasteiger charge is 2.54. The molecule has 0 unspecified atom stereocenters. The quantitative estimate of drug-likeness (QED) is 0.818. The molecule has 4 nitrogen and oxygen atoms in total. The molecule has 4 heteroatoms. The molecule has 1 N–H and O–H groups in total.